The summed E-state index contributed by atoms with van der Waals surface area (Å²) < 4.78 is 42.9. The van der Waals surface area contributed by atoms with Gasteiger partial charge < -0.3 is 10.4 Å². The molecule has 1 aliphatic rings. The van der Waals surface area contributed by atoms with Gasteiger partial charge in [0.1, 0.15) is 12.4 Å². The predicted molar refractivity (Wildman–Crippen MR) is 101 cm³/mol. The Hall–Kier alpha value is -1.56. The molecule has 2 aromatic rings. The summed E-state index contributed by atoms with van der Waals surface area (Å²) in [5, 5.41) is 11.4. The van der Waals surface area contributed by atoms with Crippen LogP contribution < -0.4 is 10.8 Å². The first-order valence-corrected chi connectivity index (χ1v) is 9.20. The average molecular weight is 513 g/mol. The van der Waals surface area contributed by atoms with E-state index in [-0.39, 0.29) is 17.9 Å². The normalized spacial score (nSPS) is 14.7. The summed E-state index contributed by atoms with van der Waals surface area (Å²) >= 11 is 7.52. The molecular weight excluding hydrogens is 500 g/mol. The Kier molecular flexibility index (Phi) is 5.84. The van der Waals surface area contributed by atoms with Crippen LogP contribution in [0.3, 0.4) is 0 Å². The Morgan fingerprint density at radius 1 is 1.26 bits per heavy atom. The van der Waals surface area contributed by atoms with Gasteiger partial charge in [-0.25, -0.2) is 18.7 Å². The number of amides is 1. The van der Waals surface area contributed by atoms with Gasteiger partial charge in [-0.3, -0.25) is 9.63 Å². The van der Waals surface area contributed by atoms with Crippen molar-refractivity contribution in [3.8, 4) is 0 Å². The lowest BCUT2D eigenvalue weighted by Gasteiger charge is -2.16. The fourth-order valence-corrected chi connectivity index (χ4v) is 2.85. The molecule has 10 heteroatoms. The molecule has 0 aromatic heterocycles. The molecule has 0 heterocycles. The lowest BCUT2D eigenvalue weighted by Crippen LogP contribution is -2.30. The lowest BCUT2D eigenvalue weighted by molar-refractivity contribution is -0.0230. The van der Waals surface area contributed by atoms with Crippen LogP contribution >= 0.6 is 34.2 Å². The Morgan fingerprint density at radius 2 is 1.96 bits per heavy atom. The van der Waals surface area contributed by atoms with E-state index in [1.807, 2.05) is 28.1 Å². The van der Waals surface area contributed by atoms with Crippen molar-refractivity contribution < 1.29 is 27.9 Å². The largest absolute Gasteiger partial charge is 0.387 e. The molecule has 1 fully saturated rings. The van der Waals surface area contributed by atoms with Crippen molar-refractivity contribution in [3.63, 3.8) is 0 Å². The highest BCUT2D eigenvalue weighted by atomic mass is 127. The van der Waals surface area contributed by atoms with Gasteiger partial charge in [-0.1, -0.05) is 11.6 Å². The molecule has 0 saturated heterocycles. The number of carbonyl (C=O) groups is 1. The van der Waals surface area contributed by atoms with Gasteiger partial charge in [-0.15, -0.1) is 0 Å². The zero-order chi connectivity index (χ0) is 19.8. The molecule has 1 amide bonds. The highest BCUT2D eigenvalue weighted by Crippen LogP contribution is 2.35. The summed E-state index contributed by atoms with van der Waals surface area (Å²) in [4.78, 5) is 17.2. The van der Waals surface area contributed by atoms with Gasteiger partial charge in [-0.2, -0.15) is 0 Å². The maximum atomic E-state index is 14.4. The summed E-state index contributed by atoms with van der Waals surface area (Å²) in [6.45, 7) is -0.148. The second kappa shape index (κ2) is 7.82. The van der Waals surface area contributed by atoms with Crippen molar-refractivity contribution in [1.82, 2.24) is 5.48 Å². The van der Waals surface area contributed by atoms with Crippen LogP contribution in [-0.4, -0.2) is 23.2 Å². The molecule has 0 atom stereocenters. The SMILES string of the molecule is O=C(NOCC1(O)CC1)c1cc(Cl)c(F)c(F)c1Nc1ccc(I)cc1F. The third-order valence-electron chi connectivity index (χ3n) is 3.93. The number of aliphatic hydroxyl groups is 1. The highest BCUT2D eigenvalue weighted by Gasteiger charge is 2.41. The van der Waals surface area contributed by atoms with Crippen molar-refractivity contribution in [1.29, 1.82) is 0 Å². The fourth-order valence-electron chi connectivity index (χ4n) is 2.20. The second-order valence-corrected chi connectivity index (χ2v) is 7.76. The summed E-state index contributed by atoms with van der Waals surface area (Å²) in [5.74, 6) is -4.47. The van der Waals surface area contributed by atoms with Gasteiger partial charge in [0.15, 0.2) is 11.6 Å². The Labute approximate surface area is 170 Å². The highest BCUT2D eigenvalue weighted by molar-refractivity contribution is 14.1. The van der Waals surface area contributed by atoms with Crippen molar-refractivity contribution >= 4 is 51.5 Å². The minimum Gasteiger partial charge on any atom is -0.387 e. The maximum Gasteiger partial charge on any atom is 0.277 e. The van der Waals surface area contributed by atoms with Gasteiger partial charge in [0, 0.05) is 3.57 Å². The molecule has 2 aromatic carbocycles. The number of nitrogens with one attached hydrogen (secondary N) is 2. The first-order chi connectivity index (χ1) is 12.7. The van der Waals surface area contributed by atoms with Crippen LogP contribution in [0, 0.1) is 21.0 Å². The summed E-state index contributed by atoms with van der Waals surface area (Å²) in [6, 6.07) is 4.96. The van der Waals surface area contributed by atoms with Gasteiger partial charge in [0.25, 0.3) is 5.91 Å². The number of halogens is 5. The van der Waals surface area contributed by atoms with Gasteiger partial charge >= 0.3 is 0 Å². The molecule has 0 unspecified atom stereocenters. The number of anilines is 2. The van der Waals surface area contributed by atoms with Crippen LogP contribution in [-0.2, 0) is 4.84 Å². The number of hydrogen-bond donors (Lipinski definition) is 3. The summed E-state index contributed by atoms with van der Waals surface area (Å²) in [5.41, 5.74) is -0.0819. The molecule has 1 aliphatic carbocycles. The molecule has 0 spiro atoms. The quantitative estimate of drug-likeness (QED) is 0.307. The minimum atomic E-state index is -1.44. The third kappa shape index (κ3) is 4.65. The molecule has 0 aliphatic heterocycles. The third-order valence-corrected chi connectivity index (χ3v) is 4.88. The van der Waals surface area contributed by atoms with E-state index in [2.05, 4.69) is 5.32 Å². The Bertz CT molecular complexity index is 909. The Morgan fingerprint density at radius 3 is 2.59 bits per heavy atom. The van der Waals surface area contributed by atoms with Crippen molar-refractivity contribution in [2.24, 2.45) is 0 Å². The van der Waals surface area contributed by atoms with E-state index in [0.717, 1.165) is 6.07 Å². The van der Waals surface area contributed by atoms with Crippen LogP contribution in [0.4, 0.5) is 24.5 Å². The summed E-state index contributed by atoms with van der Waals surface area (Å²) in [7, 11) is 0. The number of benzene rings is 2. The first-order valence-electron chi connectivity index (χ1n) is 7.74. The molecule has 0 bridgehead atoms. The molecule has 1 saturated carbocycles. The predicted octanol–water partition coefficient (Wildman–Crippen LogP) is 4.29. The van der Waals surface area contributed by atoms with Gasteiger partial charge in [0.2, 0.25) is 0 Å². The number of hydroxylamine groups is 1. The fraction of sp³-hybridized carbons (Fsp3) is 0.235. The Balaban J connectivity index is 1.88. The minimum absolute atomic E-state index is 0.148. The van der Waals surface area contributed by atoms with E-state index in [0.29, 0.717) is 16.4 Å². The number of carbonyl (C=O) groups excluding carboxylic acids is 1. The zero-order valence-corrected chi connectivity index (χ0v) is 16.5. The monoisotopic (exact) mass is 512 g/mol. The number of hydrogen-bond acceptors (Lipinski definition) is 4. The van der Waals surface area contributed by atoms with E-state index in [4.69, 9.17) is 16.4 Å². The van der Waals surface area contributed by atoms with Crippen molar-refractivity contribution in [2.45, 2.75) is 18.4 Å². The van der Waals surface area contributed by atoms with Gasteiger partial charge in [0.05, 0.1) is 27.6 Å². The second-order valence-electron chi connectivity index (χ2n) is 6.10. The van der Waals surface area contributed by atoms with Crippen molar-refractivity contribution in [2.75, 3.05) is 11.9 Å². The van der Waals surface area contributed by atoms with Crippen LogP contribution in [0.5, 0.6) is 0 Å². The first kappa shape index (κ1) is 20.2. The average Bonchev–Trinajstić information content (AvgIpc) is 3.34. The smallest absolute Gasteiger partial charge is 0.277 e. The maximum absolute atomic E-state index is 14.4. The van der Waals surface area contributed by atoms with E-state index in [9.17, 15) is 23.1 Å². The molecule has 3 N–H and O–H groups in total. The van der Waals surface area contributed by atoms with Crippen molar-refractivity contribution in [3.05, 3.63) is 55.9 Å². The summed E-state index contributed by atoms with van der Waals surface area (Å²) in [6.07, 6.45) is 1.08. The number of rotatable bonds is 6. The molecule has 144 valence electrons. The van der Waals surface area contributed by atoms with Gasteiger partial charge in [-0.05, 0) is 59.7 Å². The molecular formula is C17H13ClF3IN2O3. The van der Waals surface area contributed by atoms with Crippen LogP contribution in [0.25, 0.3) is 0 Å². The van der Waals surface area contributed by atoms with E-state index in [1.165, 1.54) is 12.1 Å². The van der Waals surface area contributed by atoms with Crippen LogP contribution in [0.15, 0.2) is 24.3 Å². The molecule has 3 rings (SSSR count). The van der Waals surface area contributed by atoms with E-state index < -0.39 is 39.7 Å². The van der Waals surface area contributed by atoms with Crippen LogP contribution in [0.2, 0.25) is 5.02 Å². The topological polar surface area (TPSA) is 70.6 Å². The van der Waals surface area contributed by atoms with Crippen LogP contribution in [0.1, 0.15) is 23.2 Å². The molecule has 27 heavy (non-hydrogen) atoms. The molecule has 5 nitrogen and oxygen atoms in total. The van der Waals surface area contributed by atoms with E-state index >= 15 is 0 Å². The molecule has 0 radical (unpaired) electrons. The standard InChI is InChI=1S/C17H13ClF3IN2O3/c18-10-6-9(16(25)24-27-7-17(26)3-4-17)15(14(21)13(10)20)23-12-2-1-8(22)5-11(12)19/h1-2,5-6,23,26H,3-4,7H2,(H,24,25). The van der Waals surface area contributed by atoms with E-state index in [1.54, 1.807) is 6.07 Å². The lowest BCUT2D eigenvalue weighted by atomic mass is 10.1. The zero-order valence-electron chi connectivity index (χ0n) is 13.6.